The predicted molar refractivity (Wildman–Crippen MR) is 89.0 cm³/mol. The van der Waals surface area contributed by atoms with E-state index >= 15 is 0 Å². The summed E-state index contributed by atoms with van der Waals surface area (Å²) in [6, 6.07) is 4.51. The lowest BCUT2D eigenvalue weighted by molar-refractivity contribution is 0.263. The highest BCUT2D eigenvalue weighted by molar-refractivity contribution is 7.89. The van der Waals surface area contributed by atoms with Crippen molar-refractivity contribution in [3.63, 3.8) is 0 Å². The lowest BCUT2D eigenvalue weighted by Gasteiger charge is -2.34. The molecular formula is C13H21ClN4O4S. The number of guanidine groups is 1. The van der Waals surface area contributed by atoms with Crippen molar-refractivity contribution in [2.45, 2.75) is 4.90 Å². The summed E-state index contributed by atoms with van der Waals surface area (Å²) in [6.07, 6.45) is 0. The van der Waals surface area contributed by atoms with E-state index in [0.29, 0.717) is 24.6 Å². The van der Waals surface area contributed by atoms with E-state index in [1.165, 1.54) is 30.7 Å². The topological polar surface area (TPSA) is 109 Å². The number of hydrogen-bond donors (Lipinski definition) is 2. The molecule has 1 aromatic carbocycles. The fourth-order valence-electron chi connectivity index (χ4n) is 2.30. The molecule has 1 aliphatic heterocycles. The van der Waals surface area contributed by atoms with E-state index in [0.717, 1.165) is 0 Å². The van der Waals surface area contributed by atoms with Crippen LogP contribution in [0.25, 0.3) is 0 Å². The first-order valence-corrected chi connectivity index (χ1v) is 8.15. The zero-order valence-electron chi connectivity index (χ0n) is 13.0. The van der Waals surface area contributed by atoms with Crippen LogP contribution in [0.3, 0.4) is 0 Å². The lowest BCUT2D eigenvalue weighted by Crippen LogP contribution is -2.52. The molecule has 130 valence electrons. The molecule has 1 aliphatic rings. The lowest BCUT2D eigenvalue weighted by atomic mass is 10.3. The van der Waals surface area contributed by atoms with E-state index in [1.54, 1.807) is 11.0 Å². The van der Waals surface area contributed by atoms with Gasteiger partial charge in [-0.05, 0) is 12.1 Å². The summed E-state index contributed by atoms with van der Waals surface area (Å²) in [4.78, 5) is 1.79. The largest absolute Gasteiger partial charge is 0.493 e. The molecule has 1 heterocycles. The number of sulfonamides is 1. The van der Waals surface area contributed by atoms with Crippen molar-refractivity contribution in [2.75, 3.05) is 40.4 Å². The van der Waals surface area contributed by atoms with Crippen LogP contribution in [-0.2, 0) is 10.0 Å². The first-order chi connectivity index (χ1) is 10.4. The molecule has 0 radical (unpaired) electrons. The second kappa shape index (κ2) is 7.71. The third kappa shape index (κ3) is 3.98. The highest BCUT2D eigenvalue weighted by atomic mass is 35.5. The average molecular weight is 365 g/mol. The molecular weight excluding hydrogens is 344 g/mol. The predicted octanol–water partition coefficient (Wildman–Crippen LogP) is 0.325. The number of rotatable bonds is 4. The molecule has 0 aromatic heterocycles. The highest BCUT2D eigenvalue weighted by Gasteiger charge is 2.29. The molecule has 1 aromatic rings. The Hall–Kier alpha value is -1.71. The van der Waals surface area contributed by atoms with Crippen molar-refractivity contribution in [1.29, 1.82) is 5.41 Å². The zero-order valence-corrected chi connectivity index (χ0v) is 14.6. The van der Waals surface area contributed by atoms with Crippen LogP contribution in [0, 0.1) is 5.41 Å². The van der Waals surface area contributed by atoms with Crippen molar-refractivity contribution >= 4 is 28.4 Å². The molecule has 0 spiro atoms. The first-order valence-electron chi connectivity index (χ1n) is 6.71. The van der Waals surface area contributed by atoms with Crippen LogP contribution in [0.2, 0.25) is 0 Å². The molecule has 8 nitrogen and oxygen atoms in total. The smallest absolute Gasteiger partial charge is 0.243 e. The summed E-state index contributed by atoms with van der Waals surface area (Å²) in [5.41, 5.74) is 5.41. The molecule has 0 bridgehead atoms. The third-order valence-corrected chi connectivity index (χ3v) is 5.47. The Morgan fingerprint density at radius 2 is 1.70 bits per heavy atom. The quantitative estimate of drug-likeness (QED) is 0.588. The SMILES string of the molecule is COc1ccc(S(=O)(=O)N2CCN(C(=N)N)CC2)cc1OC.Cl. The molecule has 10 heteroatoms. The number of halogens is 1. The molecule has 0 atom stereocenters. The Kier molecular flexibility index (Phi) is 6.48. The molecule has 23 heavy (non-hydrogen) atoms. The molecule has 0 amide bonds. The molecule has 3 N–H and O–H groups in total. The van der Waals surface area contributed by atoms with Gasteiger partial charge in [-0.3, -0.25) is 5.41 Å². The van der Waals surface area contributed by atoms with Crippen LogP contribution in [0.15, 0.2) is 23.1 Å². The van der Waals surface area contributed by atoms with Crippen LogP contribution >= 0.6 is 12.4 Å². The van der Waals surface area contributed by atoms with Gasteiger partial charge in [-0.25, -0.2) is 8.42 Å². The fourth-order valence-corrected chi connectivity index (χ4v) is 3.73. The Bertz CT molecular complexity index is 660. The monoisotopic (exact) mass is 364 g/mol. The second-order valence-corrected chi connectivity index (χ2v) is 6.73. The van der Waals surface area contributed by atoms with Crippen LogP contribution in [0.4, 0.5) is 0 Å². The molecule has 2 rings (SSSR count). The van der Waals surface area contributed by atoms with Gasteiger partial charge >= 0.3 is 0 Å². The van der Waals surface area contributed by atoms with Gasteiger partial charge in [0.2, 0.25) is 10.0 Å². The van der Waals surface area contributed by atoms with Crippen LogP contribution in [-0.4, -0.2) is 64.0 Å². The Morgan fingerprint density at radius 3 is 2.17 bits per heavy atom. The number of methoxy groups -OCH3 is 2. The second-order valence-electron chi connectivity index (χ2n) is 4.79. The summed E-state index contributed by atoms with van der Waals surface area (Å²) >= 11 is 0. The van der Waals surface area contributed by atoms with Gasteiger partial charge in [-0.2, -0.15) is 4.31 Å². The van der Waals surface area contributed by atoms with Gasteiger partial charge in [0.1, 0.15) is 0 Å². The number of nitrogens with two attached hydrogens (primary N) is 1. The number of nitrogens with zero attached hydrogens (tertiary/aromatic N) is 2. The van der Waals surface area contributed by atoms with E-state index in [9.17, 15) is 8.42 Å². The molecule has 0 aliphatic carbocycles. The van der Waals surface area contributed by atoms with Gasteiger partial charge < -0.3 is 20.1 Å². The summed E-state index contributed by atoms with van der Waals surface area (Å²) in [5, 5.41) is 7.38. The van der Waals surface area contributed by atoms with E-state index in [1.807, 2.05) is 0 Å². The fraction of sp³-hybridized carbons (Fsp3) is 0.462. The van der Waals surface area contributed by atoms with Gasteiger partial charge in [0.25, 0.3) is 0 Å². The minimum atomic E-state index is -3.61. The molecule has 1 fully saturated rings. The zero-order chi connectivity index (χ0) is 16.3. The molecule has 0 unspecified atom stereocenters. The van der Waals surface area contributed by atoms with E-state index in [2.05, 4.69) is 0 Å². The molecule has 0 saturated carbocycles. The Balaban J connectivity index is 0.00000264. The van der Waals surface area contributed by atoms with E-state index < -0.39 is 10.0 Å². The number of hydrogen-bond acceptors (Lipinski definition) is 5. The third-order valence-electron chi connectivity index (χ3n) is 3.57. The minimum Gasteiger partial charge on any atom is -0.493 e. The van der Waals surface area contributed by atoms with Crippen LogP contribution < -0.4 is 15.2 Å². The van der Waals surface area contributed by atoms with Crippen molar-refractivity contribution in [1.82, 2.24) is 9.21 Å². The van der Waals surface area contributed by atoms with E-state index in [4.69, 9.17) is 20.6 Å². The molecule has 1 saturated heterocycles. The maximum absolute atomic E-state index is 12.7. The summed E-state index contributed by atoms with van der Waals surface area (Å²) in [6.45, 7) is 1.39. The van der Waals surface area contributed by atoms with E-state index in [-0.39, 0.29) is 36.4 Å². The van der Waals surface area contributed by atoms with Crippen molar-refractivity contribution in [2.24, 2.45) is 5.73 Å². The number of ether oxygens (including phenoxy) is 2. The standard InChI is InChI=1S/C13H20N4O4S.ClH/c1-20-11-4-3-10(9-12(11)21-2)22(18,19)17-7-5-16(6-8-17)13(14)15;/h3-4,9H,5-8H2,1-2H3,(H3,14,15);1H. The van der Waals surface area contributed by atoms with Gasteiger partial charge in [-0.15, -0.1) is 12.4 Å². The number of benzene rings is 1. The Labute approximate surface area is 142 Å². The summed E-state index contributed by atoms with van der Waals surface area (Å²) in [7, 11) is -0.658. The van der Waals surface area contributed by atoms with Crippen LogP contribution in [0.1, 0.15) is 0 Å². The van der Waals surface area contributed by atoms with Crippen molar-refractivity contribution < 1.29 is 17.9 Å². The normalized spacial score (nSPS) is 15.7. The minimum absolute atomic E-state index is 0. The van der Waals surface area contributed by atoms with Gasteiger partial charge in [0.05, 0.1) is 19.1 Å². The van der Waals surface area contributed by atoms with Crippen molar-refractivity contribution in [3.8, 4) is 11.5 Å². The number of piperazine rings is 1. The summed E-state index contributed by atoms with van der Waals surface area (Å²) in [5.74, 6) is 0.803. The summed E-state index contributed by atoms with van der Waals surface area (Å²) < 4.78 is 37.0. The Morgan fingerprint density at radius 1 is 1.13 bits per heavy atom. The van der Waals surface area contributed by atoms with Gasteiger partial charge in [0.15, 0.2) is 17.5 Å². The van der Waals surface area contributed by atoms with Crippen molar-refractivity contribution in [3.05, 3.63) is 18.2 Å². The maximum atomic E-state index is 12.7. The first kappa shape index (κ1) is 19.3. The average Bonchev–Trinajstić information content (AvgIpc) is 2.54. The number of nitrogens with one attached hydrogen (secondary N) is 1. The highest BCUT2D eigenvalue weighted by Crippen LogP contribution is 2.30. The van der Waals surface area contributed by atoms with Gasteiger partial charge in [-0.1, -0.05) is 0 Å². The van der Waals surface area contributed by atoms with Crippen LogP contribution in [0.5, 0.6) is 11.5 Å². The maximum Gasteiger partial charge on any atom is 0.243 e. The van der Waals surface area contributed by atoms with Gasteiger partial charge in [0, 0.05) is 32.2 Å².